The summed E-state index contributed by atoms with van der Waals surface area (Å²) in [5.74, 6) is 0.396. The van der Waals surface area contributed by atoms with E-state index in [1.807, 2.05) is 56.3 Å². The fourth-order valence-electron chi connectivity index (χ4n) is 2.76. The molecule has 7 heteroatoms. The number of urea groups is 1. The van der Waals surface area contributed by atoms with Crippen molar-refractivity contribution in [2.45, 2.75) is 32.9 Å². The van der Waals surface area contributed by atoms with E-state index in [0.29, 0.717) is 28.8 Å². The second-order valence-electron chi connectivity index (χ2n) is 6.67. The lowest BCUT2D eigenvalue weighted by Crippen LogP contribution is -2.35. The number of halogens is 1. The number of aromatic nitrogens is 2. The van der Waals surface area contributed by atoms with Gasteiger partial charge in [-0.3, -0.25) is 0 Å². The van der Waals surface area contributed by atoms with Gasteiger partial charge in [0.25, 0.3) is 0 Å². The Hall–Kier alpha value is -2.99. The molecule has 0 bridgehead atoms. The number of nitrogen functional groups attached to an aromatic ring is 1. The predicted molar refractivity (Wildman–Crippen MR) is 115 cm³/mol. The van der Waals surface area contributed by atoms with Crippen LogP contribution in [0.1, 0.15) is 25.8 Å². The van der Waals surface area contributed by atoms with Crippen LogP contribution in [0.3, 0.4) is 0 Å². The highest BCUT2D eigenvalue weighted by atomic mass is 35.5. The van der Waals surface area contributed by atoms with Gasteiger partial charge in [0, 0.05) is 16.6 Å². The van der Waals surface area contributed by atoms with Gasteiger partial charge >= 0.3 is 6.03 Å². The van der Waals surface area contributed by atoms with Crippen LogP contribution in [0, 0.1) is 0 Å². The van der Waals surface area contributed by atoms with E-state index in [1.54, 1.807) is 16.8 Å². The van der Waals surface area contributed by atoms with E-state index in [2.05, 4.69) is 15.7 Å². The fraction of sp³-hybridized carbons (Fsp3) is 0.238. The number of hydrogen-bond acceptors (Lipinski definition) is 3. The standard InChI is InChI=1S/C21H24ClN5O/c1-3-14(2)24-21(28)25-19-18(16-9-11-17(22)12-10-16)26-27(20(19)23)13-15-7-5-4-6-8-15/h4-12,14H,3,13,23H2,1-2H3,(H2,24,25,28). The normalized spacial score (nSPS) is 11.8. The van der Waals surface area contributed by atoms with Crippen LogP contribution >= 0.6 is 11.6 Å². The quantitative estimate of drug-likeness (QED) is 0.560. The first kappa shape index (κ1) is 19.8. The van der Waals surface area contributed by atoms with Gasteiger partial charge in [-0.05, 0) is 31.0 Å². The molecule has 0 spiro atoms. The Kier molecular flexibility index (Phi) is 6.21. The molecule has 0 radical (unpaired) electrons. The summed E-state index contributed by atoms with van der Waals surface area (Å²) in [6, 6.07) is 16.9. The summed E-state index contributed by atoms with van der Waals surface area (Å²) in [4.78, 5) is 12.4. The van der Waals surface area contributed by atoms with Crippen molar-refractivity contribution >= 4 is 29.1 Å². The van der Waals surface area contributed by atoms with Crippen molar-refractivity contribution in [2.24, 2.45) is 0 Å². The summed E-state index contributed by atoms with van der Waals surface area (Å²) in [5, 5.41) is 11.1. The number of benzene rings is 2. The first-order chi connectivity index (χ1) is 13.5. The van der Waals surface area contributed by atoms with Crippen LogP contribution in [0.5, 0.6) is 0 Å². The molecule has 1 atom stereocenters. The van der Waals surface area contributed by atoms with Crippen LogP contribution < -0.4 is 16.4 Å². The van der Waals surface area contributed by atoms with Gasteiger partial charge in [0.15, 0.2) is 0 Å². The van der Waals surface area contributed by atoms with E-state index >= 15 is 0 Å². The predicted octanol–water partition coefficient (Wildman–Crippen LogP) is 4.75. The molecule has 6 nitrogen and oxygen atoms in total. The van der Waals surface area contributed by atoms with Gasteiger partial charge in [-0.15, -0.1) is 0 Å². The maximum atomic E-state index is 12.4. The maximum Gasteiger partial charge on any atom is 0.319 e. The molecule has 1 unspecified atom stereocenters. The summed E-state index contributed by atoms with van der Waals surface area (Å²) in [6.45, 7) is 4.46. The van der Waals surface area contributed by atoms with Crippen molar-refractivity contribution in [3.05, 3.63) is 65.2 Å². The largest absolute Gasteiger partial charge is 0.382 e. The summed E-state index contributed by atoms with van der Waals surface area (Å²) in [6.07, 6.45) is 0.834. The number of nitrogens with two attached hydrogens (primary N) is 1. The highest BCUT2D eigenvalue weighted by Crippen LogP contribution is 2.33. The van der Waals surface area contributed by atoms with Crippen LogP contribution in [0.2, 0.25) is 5.02 Å². The zero-order valence-electron chi connectivity index (χ0n) is 15.9. The van der Waals surface area contributed by atoms with E-state index < -0.39 is 0 Å². The Morgan fingerprint density at radius 3 is 2.50 bits per heavy atom. The average Bonchev–Trinajstić information content (AvgIpc) is 2.99. The SMILES string of the molecule is CCC(C)NC(=O)Nc1c(-c2ccc(Cl)cc2)nn(Cc2ccccc2)c1N. The van der Waals surface area contributed by atoms with Crippen LogP contribution in [0.15, 0.2) is 54.6 Å². The van der Waals surface area contributed by atoms with Gasteiger partial charge in [0.1, 0.15) is 17.2 Å². The molecular weight excluding hydrogens is 374 g/mol. The average molecular weight is 398 g/mol. The van der Waals surface area contributed by atoms with Crippen LogP contribution in [0.25, 0.3) is 11.3 Å². The van der Waals surface area contributed by atoms with E-state index in [4.69, 9.17) is 17.3 Å². The number of carbonyl (C=O) groups is 1. The molecule has 0 aliphatic rings. The number of nitrogens with one attached hydrogen (secondary N) is 2. The lowest BCUT2D eigenvalue weighted by molar-refractivity contribution is 0.249. The van der Waals surface area contributed by atoms with Crippen molar-refractivity contribution in [3.63, 3.8) is 0 Å². The van der Waals surface area contributed by atoms with E-state index in [0.717, 1.165) is 17.5 Å². The second-order valence-corrected chi connectivity index (χ2v) is 7.10. The molecule has 2 aromatic carbocycles. The summed E-state index contributed by atoms with van der Waals surface area (Å²) in [7, 11) is 0. The number of carbonyl (C=O) groups excluding carboxylic acids is 1. The Bertz CT molecular complexity index is 937. The number of rotatable bonds is 6. The zero-order valence-corrected chi connectivity index (χ0v) is 16.7. The van der Waals surface area contributed by atoms with Crippen molar-refractivity contribution in [2.75, 3.05) is 11.1 Å². The Morgan fingerprint density at radius 2 is 1.86 bits per heavy atom. The van der Waals surface area contributed by atoms with Crippen LogP contribution in [-0.4, -0.2) is 21.9 Å². The van der Waals surface area contributed by atoms with Crippen LogP contribution in [0.4, 0.5) is 16.3 Å². The van der Waals surface area contributed by atoms with Crippen molar-refractivity contribution in [1.82, 2.24) is 15.1 Å². The highest BCUT2D eigenvalue weighted by Gasteiger charge is 2.20. The number of anilines is 2. The molecule has 3 aromatic rings. The minimum Gasteiger partial charge on any atom is -0.382 e. The molecule has 0 fully saturated rings. The minimum absolute atomic E-state index is 0.0552. The van der Waals surface area contributed by atoms with Gasteiger partial charge in [-0.2, -0.15) is 5.10 Å². The smallest absolute Gasteiger partial charge is 0.319 e. The molecule has 28 heavy (non-hydrogen) atoms. The molecule has 146 valence electrons. The highest BCUT2D eigenvalue weighted by molar-refractivity contribution is 6.30. The number of amides is 2. The Balaban J connectivity index is 1.97. The number of nitrogens with zero attached hydrogens (tertiary/aromatic N) is 2. The minimum atomic E-state index is -0.310. The molecule has 4 N–H and O–H groups in total. The van der Waals surface area contributed by atoms with Gasteiger partial charge in [0.2, 0.25) is 0 Å². The lowest BCUT2D eigenvalue weighted by Gasteiger charge is -2.13. The summed E-state index contributed by atoms with van der Waals surface area (Å²) in [5.41, 5.74) is 9.34. The topological polar surface area (TPSA) is 85.0 Å². The third kappa shape index (κ3) is 4.64. The molecular formula is C21H24ClN5O. The first-order valence-electron chi connectivity index (χ1n) is 9.21. The number of hydrogen-bond donors (Lipinski definition) is 3. The molecule has 0 aliphatic heterocycles. The Labute approximate surface area is 169 Å². The van der Waals surface area contributed by atoms with E-state index in [1.165, 1.54) is 0 Å². The molecule has 0 saturated carbocycles. The zero-order chi connectivity index (χ0) is 20.1. The molecule has 3 rings (SSSR count). The molecule has 0 saturated heterocycles. The molecule has 0 aliphatic carbocycles. The van der Waals surface area contributed by atoms with Gasteiger partial charge in [-0.1, -0.05) is 61.0 Å². The fourth-order valence-corrected chi connectivity index (χ4v) is 2.89. The maximum absolute atomic E-state index is 12.4. The summed E-state index contributed by atoms with van der Waals surface area (Å²) >= 11 is 6.01. The molecule has 1 aromatic heterocycles. The van der Waals surface area contributed by atoms with Crippen LogP contribution in [-0.2, 0) is 6.54 Å². The van der Waals surface area contributed by atoms with Gasteiger partial charge < -0.3 is 16.4 Å². The molecule has 2 amide bonds. The van der Waals surface area contributed by atoms with Gasteiger partial charge in [-0.25, -0.2) is 9.48 Å². The van der Waals surface area contributed by atoms with E-state index in [9.17, 15) is 4.79 Å². The Morgan fingerprint density at radius 1 is 1.18 bits per heavy atom. The van der Waals surface area contributed by atoms with E-state index in [-0.39, 0.29) is 12.1 Å². The lowest BCUT2D eigenvalue weighted by atomic mass is 10.1. The monoisotopic (exact) mass is 397 g/mol. The first-order valence-corrected chi connectivity index (χ1v) is 9.59. The summed E-state index contributed by atoms with van der Waals surface area (Å²) < 4.78 is 1.69. The van der Waals surface area contributed by atoms with Gasteiger partial charge in [0.05, 0.1) is 6.54 Å². The van der Waals surface area contributed by atoms with Crippen molar-refractivity contribution < 1.29 is 4.79 Å². The third-order valence-corrected chi connectivity index (χ3v) is 4.76. The molecule has 1 heterocycles. The van der Waals surface area contributed by atoms with Crippen molar-refractivity contribution in [3.8, 4) is 11.3 Å². The second kappa shape index (κ2) is 8.80. The van der Waals surface area contributed by atoms with Crippen molar-refractivity contribution in [1.29, 1.82) is 0 Å². The third-order valence-electron chi connectivity index (χ3n) is 4.51.